The van der Waals surface area contributed by atoms with Crippen LogP contribution in [0, 0.1) is 6.92 Å². The molecule has 228 valence electrons. The molecule has 1 N–H and O–H groups in total. The average molecular weight is 631 g/mol. The lowest BCUT2D eigenvalue weighted by atomic mass is 9.95. The zero-order chi connectivity index (χ0) is 31.1. The predicted molar refractivity (Wildman–Crippen MR) is 172 cm³/mol. The number of aryl methyl sites for hydroxylation is 1. The summed E-state index contributed by atoms with van der Waals surface area (Å²) in [6.07, 6.45) is 6.07. The van der Waals surface area contributed by atoms with Gasteiger partial charge in [-0.05, 0) is 55.7 Å². The van der Waals surface area contributed by atoms with E-state index in [0.717, 1.165) is 24.8 Å². The number of pyridine rings is 1. The van der Waals surface area contributed by atoms with Crippen LogP contribution in [0.1, 0.15) is 61.4 Å². The molecular weight excluding hydrogens is 597 g/mol. The number of aliphatic hydroxyl groups is 1. The summed E-state index contributed by atoms with van der Waals surface area (Å²) < 4.78 is 12.6. The number of hydrogen-bond acceptors (Lipinski definition) is 10. The number of ether oxygens (including phenoxy) is 2. The summed E-state index contributed by atoms with van der Waals surface area (Å²) >= 11 is 2.72. The standard InChI is InChI=1S/C33H34N4O5S2/c1-4-6-7-18-42-25-13-12-24(19-26(25)41-5-2)28-27(29(38)23-14-16-34-17-15-23)30(39)31(40)37(28)32-35-36-33(44-32)43-20-22-10-8-21(3)9-11-22/h8-17,19,28,38H,4-7,18,20H2,1-3H3/b29-27+. The number of ketones is 1. The van der Waals surface area contributed by atoms with Crippen LogP contribution in [-0.2, 0) is 15.3 Å². The molecule has 0 spiro atoms. The number of aromatic nitrogens is 3. The largest absolute Gasteiger partial charge is 0.507 e. The van der Waals surface area contributed by atoms with E-state index in [4.69, 9.17) is 9.47 Å². The van der Waals surface area contributed by atoms with E-state index in [1.807, 2.05) is 13.8 Å². The lowest BCUT2D eigenvalue weighted by molar-refractivity contribution is -0.132. The van der Waals surface area contributed by atoms with Gasteiger partial charge in [0.15, 0.2) is 15.8 Å². The number of amides is 1. The van der Waals surface area contributed by atoms with Crippen molar-refractivity contribution < 1.29 is 24.2 Å². The minimum Gasteiger partial charge on any atom is -0.507 e. The van der Waals surface area contributed by atoms with E-state index in [9.17, 15) is 14.7 Å². The molecule has 44 heavy (non-hydrogen) atoms. The van der Waals surface area contributed by atoms with Crippen LogP contribution in [0.25, 0.3) is 5.76 Å². The molecule has 1 aliphatic heterocycles. The fraction of sp³-hybridized carbons (Fsp3) is 0.303. The van der Waals surface area contributed by atoms with Gasteiger partial charge in [0, 0.05) is 23.7 Å². The van der Waals surface area contributed by atoms with Gasteiger partial charge >= 0.3 is 5.91 Å². The Morgan fingerprint density at radius 2 is 1.75 bits per heavy atom. The number of unbranched alkanes of at least 4 members (excludes halogenated alkanes) is 2. The van der Waals surface area contributed by atoms with Gasteiger partial charge in [-0.1, -0.05) is 78.8 Å². The van der Waals surface area contributed by atoms with Gasteiger partial charge in [0.05, 0.1) is 24.8 Å². The van der Waals surface area contributed by atoms with Gasteiger partial charge < -0.3 is 14.6 Å². The summed E-state index contributed by atoms with van der Waals surface area (Å²) in [4.78, 5) is 32.5. The van der Waals surface area contributed by atoms with E-state index < -0.39 is 17.7 Å². The fourth-order valence-electron chi connectivity index (χ4n) is 4.81. The number of Topliss-reactive ketones (excluding diaryl/α,β-unsaturated/α-hetero) is 1. The summed E-state index contributed by atoms with van der Waals surface area (Å²) in [5.41, 5.74) is 3.20. The first-order valence-corrected chi connectivity index (χ1v) is 16.3. The molecule has 1 unspecified atom stereocenters. The number of hydrogen-bond donors (Lipinski definition) is 1. The van der Waals surface area contributed by atoms with E-state index in [1.165, 1.54) is 46.0 Å². The first kappa shape index (κ1) is 31.2. The van der Waals surface area contributed by atoms with E-state index in [2.05, 4.69) is 46.4 Å². The third-order valence-corrected chi connectivity index (χ3v) is 9.20. The summed E-state index contributed by atoms with van der Waals surface area (Å²) in [6.45, 7) is 6.98. The van der Waals surface area contributed by atoms with Gasteiger partial charge in [-0.2, -0.15) is 0 Å². The first-order valence-electron chi connectivity index (χ1n) is 14.5. The molecule has 0 radical (unpaired) electrons. The molecule has 11 heteroatoms. The number of aliphatic hydroxyl groups excluding tert-OH is 1. The number of carbonyl (C=O) groups excluding carboxylic acids is 2. The van der Waals surface area contributed by atoms with Crippen LogP contribution < -0.4 is 14.4 Å². The highest BCUT2D eigenvalue weighted by Crippen LogP contribution is 2.45. The lowest BCUT2D eigenvalue weighted by Gasteiger charge is -2.23. The molecule has 1 saturated heterocycles. The monoisotopic (exact) mass is 630 g/mol. The topological polar surface area (TPSA) is 115 Å². The van der Waals surface area contributed by atoms with Gasteiger partial charge in [-0.15, -0.1) is 10.2 Å². The Balaban J connectivity index is 1.53. The van der Waals surface area contributed by atoms with Gasteiger partial charge in [-0.3, -0.25) is 19.5 Å². The molecule has 1 atom stereocenters. The third-order valence-electron chi connectivity index (χ3n) is 7.07. The quantitative estimate of drug-likeness (QED) is 0.0411. The lowest BCUT2D eigenvalue weighted by Crippen LogP contribution is -2.29. The van der Waals surface area contributed by atoms with Crippen LogP contribution >= 0.6 is 23.1 Å². The van der Waals surface area contributed by atoms with Crippen molar-refractivity contribution >= 4 is 45.7 Å². The Labute approximate surface area is 265 Å². The van der Waals surface area contributed by atoms with E-state index in [1.54, 1.807) is 30.3 Å². The third kappa shape index (κ3) is 6.95. The summed E-state index contributed by atoms with van der Waals surface area (Å²) in [5.74, 6) is -0.169. The van der Waals surface area contributed by atoms with Gasteiger partial charge in [-0.25, -0.2) is 0 Å². The highest BCUT2D eigenvalue weighted by Gasteiger charge is 2.48. The summed E-state index contributed by atoms with van der Waals surface area (Å²) in [5, 5.41) is 20.3. The fourth-order valence-corrected chi connectivity index (χ4v) is 6.64. The van der Waals surface area contributed by atoms with E-state index in [0.29, 0.717) is 45.9 Å². The summed E-state index contributed by atoms with van der Waals surface area (Å²) in [7, 11) is 0. The van der Waals surface area contributed by atoms with Crippen LogP contribution in [-0.4, -0.2) is 45.2 Å². The molecule has 1 amide bonds. The van der Waals surface area contributed by atoms with Gasteiger partial charge in [0.2, 0.25) is 5.13 Å². The summed E-state index contributed by atoms with van der Waals surface area (Å²) in [6, 6.07) is 15.8. The molecule has 1 fully saturated rings. The second kappa shape index (κ2) is 14.5. The normalized spacial score (nSPS) is 16.0. The first-order chi connectivity index (χ1) is 21.4. The maximum Gasteiger partial charge on any atom is 0.301 e. The Morgan fingerprint density at radius 1 is 0.977 bits per heavy atom. The molecule has 2 aromatic heterocycles. The zero-order valence-electron chi connectivity index (χ0n) is 24.9. The molecule has 5 rings (SSSR count). The van der Waals surface area contributed by atoms with Crippen LogP contribution in [0.2, 0.25) is 0 Å². The number of anilines is 1. The molecule has 0 saturated carbocycles. The smallest absolute Gasteiger partial charge is 0.301 e. The molecule has 1 aliphatic rings. The van der Waals surface area contributed by atoms with E-state index >= 15 is 0 Å². The Kier molecular flexibility index (Phi) is 10.3. The predicted octanol–water partition coefficient (Wildman–Crippen LogP) is 7.13. The van der Waals surface area contributed by atoms with Crippen molar-refractivity contribution in [1.29, 1.82) is 0 Å². The van der Waals surface area contributed by atoms with Crippen molar-refractivity contribution in [3.8, 4) is 11.5 Å². The zero-order valence-corrected chi connectivity index (χ0v) is 26.5. The van der Waals surface area contributed by atoms with Crippen molar-refractivity contribution in [1.82, 2.24) is 15.2 Å². The second-order valence-electron chi connectivity index (χ2n) is 10.2. The van der Waals surface area contributed by atoms with Crippen LogP contribution in [0.5, 0.6) is 11.5 Å². The van der Waals surface area contributed by atoms with Crippen LogP contribution in [0.15, 0.2) is 76.9 Å². The minimum absolute atomic E-state index is 0.0516. The maximum absolute atomic E-state index is 13.6. The molecule has 0 aliphatic carbocycles. The van der Waals surface area contributed by atoms with Gasteiger partial charge in [0.1, 0.15) is 5.76 Å². The molecule has 0 bridgehead atoms. The van der Waals surface area contributed by atoms with Crippen LogP contribution in [0.3, 0.4) is 0 Å². The van der Waals surface area contributed by atoms with Crippen LogP contribution in [0.4, 0.5) is 5.13 Å². The number of rotatable bonds is 13. The van der Waals surface area contributed by atoms with E-state index in [-0.39, 0.29) is 16.5 Å². The molecular formula is C33H34N4O5S2. The molecule has 4 aromatic rings. The Morgan fingerprint density at radius 3 is 2.48 bits per heavy atom. The highest BCUT2D eigenvalue weighted by atomic mass is 32.2. The number of benzene rings is 2. The maximum atomic E-state index is 13.6. The Hall–Kier alpha value is -4.22. The number of carbonyl (C=O) groups is 2. The highest BCUT2D eigenvalue weighted by molar-refractivity contribution is 8.00. The van der Waals surface area contributed by atoms with Crippen molar-refractivity contribution in [3.63, 3.8) is 0 Å². The number of thioether (sulfide) groups is 1. The van der Waals surface area contributed by atoms with Crippen molar-refractivity contribution in [3.05, 3.63) is 94.8 Å². The average Bonchev–Trinajstić information content (AvgIpc) is 3.61. The molecule has 3 heterocycles. The second-order valence-corrected chi connectivity index (χ2v) is 12.4. The minimum atomic E-state index is -0.973. The van der Waals surface area contributed by atoms with Crippen molar-refractivity contribution in [2.75, 3.05) is 18.1 Å². The molecule has 9 nitrogen and oxygen atoms in total. The Bertz CT molecular complexity index is 1640. The van der Waals surface area contributed by atoms with Crippen molar-refractivity contribution in [2.45, 2.75) is 56.2 Å². The SMILES string of the molecule is CCCCCOc1ccc(C2/C(=C(\O)c3ccncc3)C(=O)C(=O)N2c2nnc(SCc3ccc(C)cc3)s2)cc1OCC. The van der Waals surface area contributed by atoms with Crippen molar-refractivity contribution in [2.24, 2.45) is 0 Å². The van der Waals surface area contributed by atoms with Gasteiger partial charge in [0.25, 0.3) is 5.78 Å². The molecule has 2 aromatic carbocycles. The number of nitrogens with zero attached hydrogens (tertiary/aromatic N) is 4.